The van der Waals surface area contributed by atoms with Gasteiger partial charge in [0.1, 0.15) is 6.07 Å². The van der Waals surface area contributed by atoms with Crippen molar-refractivity contribution in [2.45, 2.75) is 6.42 Å². The molecule has 0 radical (unpaired) electrons. The number of nitrogens with zero attached hydrogens (tertiary/aromatic N) is 3. The minimum atomic E-state index is 0.726. The summed E-state index contributed by atoms with van der Waals surface area (Å²) in [6.07, 6.45) is 6.96. The molecule has 1 aromatic heterocycles. The lowest BCUT2D eigenvalue weighted by atomic mass is 10.0. The molecular weight excluding hydrogens is 346 g/mol. The summed E-state index contributed by atoms with van der Waals surface area (Å²) in [5, 5.41) is 10.4. The maximum Gasteiger partial charge on any atom is 0.189 e. The van der Waals surface area contributed by atoms with Crippen molar-refractivity contribution in [2.75, 3.05) is 20.2 Å². The zero-order valence-corrected chi connectivity index (χ0v) is 16.2. The molecule has 28 heavy (non-hydrogen) atoms. The number of methoxy groups -OCH3 is 1. The summed E-state index contributed by atoms with van der Waals surface area (Å²) in [5.74, 6) is 0.887. The molecule has 0 bridgehead atoms. The lowest BCUT2D eigenvalue weighted by molar-refractivity contribution is 0.163. The first-order valence-electron chi connectivity index (χ1n) is 9.43. The van der Waals surface area contributed by atoms with Crippen LogP contribution >= 0.6 is 0 Å². The van der Waals surface area contributed by atoms with Gasteiger partial charge in [0.2, 0.25) is 0 Å². The molecule has 2 aromatic carbocycles. The van der Waals surface area contributed by atoms with E-state index in [2.05, 4.69) is 59.5 Å². The van der Waals surface area contributed by atoms with Gasteiger partial charge in [-0.05, 0) is 41.3 Å². The number of aryl methyl sites for hydroxylation is 1. The highest BCUT2D eigenvalue weighted by atomic mass is 16.5. The van der Waals surface area contributed by atoms with Gasteiger partial charge in [-0.15, -0.1) is 0 Å². The van der Waals surface area contributed by atoms with Gasteiger partial charge in [-0.2, -0.15) is 5.26 Å². The maximum atomic E-state index is 9.38. The Balaban J connectivity index is 1.53. The van der Waals surface area contributed by atoms with Crippen LogP contribution in [-0.4, -0.2) is 29.7 Å². The minimum Gasteiger partial charge on any atom is -0.482 e. The molecule has 1 aliphatic rings. The molecule has 0 unspecified atom stereocenters. The number of aromatic nitrogens is 1. The minimum absolute atomic E-state index is 0.726. The molecule has 0 fully saturated rings. The topological polar surface area (TPSA) is 41.2 Å². The zero-order valence-electron chi connectivity index (χ0n) is 16.2. The van der Waals surface area contributed by atoms with Crippen molar-refractivity contribution >= 4 is 16.5 Å². The van der Waals surface area contributed by atoms with Gasteiger partial charge in [-0.1, -0.05) is 42.5 Å². The summed E-state index contributed by atoms with van der Waals surface area (Å²) in [4.78, 5) is 2.27. The fourth-order valence-electron chi connectivity index (χ4n) is 3.79. The summed E-state index contributed by atoms with van der Waals surface area (Å²) in [5.41, 5.74) is 5.56. The summed E-state index contributed by atoms with van der Waals surface area (Å²) in [6.45, 7) is 1.67. The standard InChI is InChI=1S/C24H23N3O/c1-26-16-21(15-25)22-14-18(8-10-23(22)26)12-13-27-17-20(9-11-24(27)28-2)19-6-4-3-5-7-19/h3-11,14,16H,12-13,17H2,1-2H3. The van der Waals surface area contributed by atoms with E-state index in [0.29, 0.717) is 0 Å². The van der Waals surface area contributed by atoms with Crippen molar-refractivity contribution in [1.82, 2.24) is 9.47 Å². The second kappa shape index (κ2) is 7.66. The Hall–Kier alpha value is -3.45. The van der Waals surface area contributed by atoms with Gasteiger partial charge in [-0.25, -0.2) is 0 Å². The van der Waals surface area contributed by atoms with Crippen molar-refractivity contribution < 1.29 is 4.74 Å². The first-order valence-corrected chi connectivity index (χ1v) is 9.43. The van der Waals surface area contributed by atoms with Crippen molar-refractivity contribution in [3.05, 3.63) is 89.5 Å². The Morgan fingerprint density at radius 1 is 1.11 bits per heavy atom. The molecule has 2 heterocycles. The molecule has 0 atom stereocenters. The van der Waals surface area contributed by atoms with Gasteiger partial charge >= 0.3 is 0 Å². The third kappa shape index (κ3) is 3.39. The van der Waals surface area contributed by atoms with E-state index in [1.807, 2.05) is 30.0 Å². The normalized spacial score (nSPS) is 13.8. The molecule has 0 spiro atoms. The Labute approximate surface area is 165 Å². The quantitative estimate of drug-likeness (QED) is 0.666. The molecule has 0 saturated carbocycles. The average Bonchev–Trinajstić information content (AvgIpc) is 3.07. The molecule has 0 amide bonds. The summed E-state index contributed by atoms with van der Waals surface area (Å²) in [6, 6.07) is 19.1. The summed E-state index contributed by atoms with van der Waals surface area (Å²) < 4.78 is 7.59. The van der Waals surface area contributed by atoms with Crippen molar-refractivity contribution in [3.63, 3.8) is 0 Å². The Kier molecular flexibility index (Phi) is 4.90. The second-order valence-electron chi connectivity index (χ2n) is 7.06. The first-order chi connectivity index (χ1) is 13.7. The first kappa shape index (κ1) is 17.9. The largest absolute Gasteiger partial charge is 0.482 e. The Morgan fingerprint density at radius 3 is 2.68 bits per heavy atom. The highest BCUT2D eigenvalue weighted by molar-refractivity contribution is 5.87. The fourth-order valence-corrected chi connectivity index (χ4v) is 3.79. The van der Waals surface area contributed by atoms with Crippen LogP contribution in [0.15, 0.2) is 72.8 Å². The van der Waals surface area contributed by atoms with E-state index >= 15 is 0 Å². The van der Waals surface area contributed by atoms with Gasteiger partial charge < -0.3 is 14.2 Å². The predicted octanol–water partition coefficient (Wildman–Crippen LogP) is 4.48. The highest BCUT2D eigenvalue weighted by Crippen LogP contribution is 2.25. The molecule has 0 saturated heterocycles. The van der Waals surface area contributed by atoms with Crippen molar-refractivity contribution in [2.24, 2.45) is 7.05 Å². The summed E-state index contributed by atoms with van der Waals surface area (Å²) in [7, 11) is 3.69. The molecule has 0 N–H and O–H groups in total. The second-order valence-corrected chi connectivity index (χ2v) is 7.06. The van der Waals surface area contributed by atoms with Crippen LogP contribution in [-0.2, 0) is 18.2 Å². The molecule has 3 aromatic rings. The van der Waals surface area contributed by atoms with Crippen molar-refractivity contribution in [3.8, 4) is 6.07 Å². The van der Waals surface area contributed by atoms with Gasteiger partial charge in [0, 0.05) is 37.2 Å². The number of fused-ring (bicyclic) bond motifs is 1. The average molecular weight is 369 g/mol. The molecule has 4 rings (SSSR count). The lowest BCUT2D eigenvalue weighted by Crippen LogP contribution is -2.30. The maximum absolute atomic E-state index is 9.38. The molecule has 0 aliphatic carbocycles. The van der Waals surface area contributed by atoms with E-state index in [1.54, 1.807) is 7.11 Å². The van der Waals surface area contributed by atoms with Crippen LogP contribution in [0.1, 0.15) is 16.7 Å². The molecule has 1 aliphatic heterocycles. The van der Waals surface area contributed by atoms with E-state index < -0.39 is 0 Å². The monoisotopic (exact) mass is 369 g/mol. The van der Waals surface area contributed by atoms with Gasteiger partial charge in [0.25, 0.3) is 0 Å². The third-order valence-corrected chi connectivity index (χ3v) is 5.30. The zero-order chi connectivity index (χ0) is 19.5. The van der Waals surface area contributed by atoms with Crippen LogP contribution in [0.2, 0.25) is 0 Å². The summed E-state index contributed by atoms with van der Waals surface area (Å²) >= 11 is 0. The Morgan fingerprint density at radius 2 is 1.93 bits per heavy atom. The third-order valence-electron chi connectivity index (χ3n) is 5.30. The molecule has 4 heteroatoms. The number of hydrogen-bond donors (Lipinski definition) is 0. The van der Waals surface area contributed by atoms with Crippen LogP contribution in [0.25, 0.3) is 16.5 Å². The number of nitriles is 1. The smallest absolute Gasteiger partial charge is 0.189 e. The lowest BCUT2D eigenvalue weighted by Gasteiger charge is -2.30. The number of ether oxygens (including phenoxy) is 1. The van der Waals surface area contributed by atoms with E-state index in [0.717, 1.165) is 41.9 Å². The SMILES string of the molecule is COC1=CC=C(c2ccccc2)CN1CCc1ccc2c(c1)c(C#N)cn2C. The number of allylic oxidation sites excluding steroid dienone is 2. The molecular formula is C24H23N3O. The van der Waals surface area contributed by atoms with Crippen LogP contribution in [0.5, 0.6) is 0 Å². The van der Waals surface area contributed by atoms with E-state index in [1.165, 1.54) is 16.7 Å². The highest BCUT2D eigenvalue weighted by Gasteiger charge is 2.17. The van der Waals surface area contributed by atoms with Gasteiger partial charge in [0.15, 0.2) is 5.88 Å². The van der Waals surface area contributed by atoms with Gasteiger partial charge in [-0.3, -0.25) is 0 Å². The number of benzene rings is 2. The Bertz CT molecular complexity index is 1100. The molecule has 140 valence electrons. The number of hydrogen-bond acceptors (Lipinski definition) is 3. The van der Waals surface area contributed by atoms with Gasteiger partial charge in [0.05, 0.1) is 12.7 Å². The van der Waals surface area contributed by atoms with E-state index in [-0.39, 0.29) is 0 Å². The molecule has 4 nitrogen and oxygen atoms in total. The number of rotatable bonds is 5. The van der Waals surface area contributed by atoms with Crippen LogP contribution in [0.3, 0.4) is 0 Å². The van der Waals surface area contributed by atoms with E-state index in [9.17, 15) is 5.26 Å². The van der Waals surface area contributed by atoms with Crippen molar-refractivity contribution in [1.29, 1.82) is 5.26 Å². The van der Waals surface area contributed by atoms with E-state index in [4.69, 9.17) is 4.74 Å². The van der Waals surface area contributed by atoms with Crippen LogP contribution < -0.4 is 0 Å². The van der Waals surface area contributed by atoms with Crippen LogP contribution in [0, 0.1) is 11.3 Å². The predicted molar refractivity (Wildman–Crippen MR) is 112 cm³/mol. The fraction of sp³-hybridized carbons (Fsp3) is 0.208. The van der Waals surface area contributed by atoms with Crippen LogP contribution in [0.4, 0.5) is 0 Å².